The number of nitrogens with zero attached hydrogens (tertiary/aromatic N) is 1. The second-order valence-electron chi connectivity index (χ2n) is 5.06. The van der Waals surface area contributed by atoms with E-state index in [0.717, 1.165) is 0 Å². The summed E-state index contributed by atoms with van der Waals surface area (Å²) in [4.78, 5) is 16.3. The van der Waals surface area contributed by atoms with E-state index < -0.39 is 6.10 Å². The zero-order valence-electron chi connectivity index (χ0n) is 12.8. The molecule has 1 aromatic heterocycles. The number of pyridine rings is 1. The van der Waals surface area contributed by atoms with Crippen LogP contribution in [0.2, 0.25) is 0 Å². The first kappa shape index (κ1) is 16.7. The van der Waals surface area contributed by atoms with Gasteiger partial charge in [-0.3, -0.25) is 4.79 Å². The highest BCUT2D eigenvalue weighted by atomic mass is 16.5. The second kappa shape index (κ2) is 8.07. The molecule has 1 amide bonds. The highest BCUT2D eigenvalue weighted by Crippen LogP contribution is 2.18. The van der Waals surface area contributed by atoms with Crippen molar-refractivity contribution in [3.63, 3.8) is 0 Å². The number of aromatic nitrogens is 1. The van der Waals surface area contributed by atoms with E-state index in [1.165, 1.54) is 7.11 Å². The molecule has 7 nitrogen and oxygen atoms in total. The van der Waals surface area contributed by atoms with Crippen LogP contribution in [0.15, 0.2) is 18.3 Å². The summed E-state index contributed by atoms with van der Waals surface area (Å²) in [6.45, 7) is 3.30. The van der Waals surface area contributed by atoms with Crippen LogP contribution < -0.4 is 10.1 Å². The molecule has 22 heavy (non-hydrogen) atoms. The lowest BCUT2D eigenvalue weighted by Gasteiger charge is -2.33. The van der Waals surface area contributed by atoms with E-state index in [1.54, 1.807) is 18.3 Å². The molecule has 2 N–H and O–H groups in total. The molecular weight excluding hydrogens is 288 g/mol. The van der Waals surface area contributed by atoms with Crippen LogP contribution in [0.1, 0.15) is 17.3 Å². The molecule has 122 valence electrons. The van der Waals surface area contributed by atoms with Gasteiger partial charge in [-0.1, -0.05) is 0 Å². The van der Waals surface area contributed by atoms with E-state index in [1.807, 2.05) is 6.92 Å². The molecule has 1 aliphatic rings. The molecule has 0 spiro atoms. The number of rotatable bonds is 6. The molecular formula is C15H22N2O5. The average molecular weight is 310 g/mol. The van der Waals surface area contributed by atoms with Gasteiger partial charge in [-0.15, -0.1) is 0 Å². The SMILES string of the molecule is CCOc1ncccc1C(=O)NC[C@@H]1COC[C@@H](OC)[C@H]1O. The zero-order chi connectivity index (χ0) is 15.9. The van der Waals surface area contributed by atoms with Crippen molar-refractivity contribution in [3.05, 3.63) is 23.9 Å². The molecule has 0 aliphatic carbocycles. The first-order chi connectivity index (χ1) is 10.7. The van der Waals surface area contributed by atoms with Crippen molar-refractivity contribution in [1.29, 1.82) is 0 Å². The Balaban J connectivity index is 1.95. The Morgan fingerprint density at radius 3 is 3.09 bits per heavy atom. The number of carbonyl (C=O) groups is 1. The smallest absolute Gasteiger partial charge is 0.256 e. The van der Waals surface area contributed by atoms with Crippen LogP contribution in [0.5, 0.6) is 5.88 Å². The normalized spacial score (nSPS) is 24.8. The minimum Gasteiger partial charge on any atom is -0.477 e. The molecule has 1 aliphatic heterocycles. The highest BCUT2D eigenvalue weighted by molar-refractivity contribution is 5.96. The molecule has 0 aromatic carbocycles. The lowest BCUT2D eigenvalue weighted by molar-refractivity contribution is -0.132. The van der Waals surface area contributed by atoms with Crippen molar-refractivity contribution in [1.82, 2.24) is 10.3 Å². The minimum atomic E-state index is -0.667. The molecule has 1 fully saturated rings. The number of nitrogens with one attached hydrogen (secondary N) is 1. The second-order valence-corrected chi connectivity index (χ2v) is 5.06. The topological polar surface area (TPSA) is 89.9 Å². The van der Waals surface area contributed by atoms with E-state index in [-0.39, 0.29) is 17.9 Å². The van der Waals surface area contributed by atoms with Crippen LogP contribution in [0, 0.1) is 5.92 Å². The maximum atomic E-state index is 12.3. The lowest BCUT2D eigenvalue weighted by Crippen LogP contribution is -2.49. The Kier molecular flexibility index (Phi) is 6.11. The van der Waals surface area contributed by atoms with Crippen molar-refractivity contribution >= 4 is 5.91 Å². The molecule has 0 unspecified atom stereocenters. The van der Waals surface area contributed by atoms with E-state index in [9.17, 15) is 9.90 Å². The van der Waals surface area contributed by atoms with Crippen LogP contribution in [0.25, 0.3) is 0 Å². The van der Waals surface area contributed by atoms with Crippen molar-refractivity contribution in [2.45, 2.75) is 19.1 Å². The van der Waals surface area contributed by atoms with Gasteiger partial charge in [0.1, 0.15) is 11.7 Å². The molecule has 1 saturated heterocycles. The van der Waals surface area contributed by atoms with Crippen LogP contribution >= 0.6 is 0 Å². The van der Waals surface area contributed by atoms with Gasteiger partial charge in [0.15, 0.2) is 0 Å². The molecule has 3 atom stereocenters. The first-order valence-electron chi connectivity index (χ1n) is 7.32. The fourth-order valence-corrected chi connectivity index (χ4v) is 2.36. The van der Waals surface area contributed by atoms with E-state index >= 15 is 0 Å². The van der Waals surface area contributed by atoms with Crippen LogP contribution in [-0.4, -0.2) is 61.7 Å². The molecule has 1 aromatic rings. The molecule has 7 heteroatoms. The number of ether oxygens (including phenoxy) is 3. The summed E-state index contributed by atoms with van der Waals surface area (Å²) in [7, 11) is 1.53. The summed E-state index contributed by atoms with van der Waals surface area (Å²) in [6.07, 6.45) is 0.538. The molecule has 2 rings (SSSR count). The fourth-order valence-electron chi connectivity index (χ4n) is 2.36. The number of hydrogen-bond donors (Lipinski definition) is 2. The van der Waals surface area contributed by atoms with Gasteiger partial charge in [0, 0.05) is 25.8 Å². The van der Waals surface area contributed by atoms with Gasteiger partial charge in [-0.25, -0.2) is 4.98 Å². The first-order valence-corrected chi connectivity index (χ1v) is 7.32. The summed E-state index contributed by atoms with van der Waals surface area (Å²) < 4.78 is 15.9. The standard InChI is InChI=1S/C15H22N2O5/c1-3-22-15-11(5-4-6-16-15)14(19)17-7-10-8-21-9-12(20-2)13(10)18/h4-6,10,12-13,18H,3,7-9H2,1-2H3,(H,17,19)/t10-,12-,13+/m1/s1. The molecule has 0 saturated carbocycles. The van der Waals surface area contributed by atoms with Crippen molar-refractivity contribution in [2.24, 2.45) is 5.92 Å². The van der Waals surface area contributed by atoms with Gasteiger partial charge >= 0.3 is 0 Å². The summed E-state index contributed by atoms with van der Waals surface area (Å²) >= 11 is 0. The Hall–Kier alpha value is -1.70. The fraction of sp³-hybridized carbons (Fsp3) is 0.600. The predicted molar refractivity (Wildman–Crippen MR) is 78.9 cm³/mol. The number of methoxy groups -OCH3 is 1. The third-order valence-electron chi connectivity index (χ3n) is 3.60. The van der Waals surface area contributed by atoms with Crippen molar-refractivity contribution in [2.75, 3.05) is 33.5 Å². The Morgan fingerprint density at radius 2 is 2.36 bits per heavy atom. The van der Waals surface area contributed by atoms with Crippen LogP contribution in [-0.2, 0) is 9.47 Å². The molecule has 2 heterocycles. The van der Waals surface area contributed by atoms with Crippen molar-refractivity contribution < 1.29 is 24.1 Å². The Labute approximate surface area is 129 Å². The van der Waals surface area contributed by atoms with Crippen LogP contribution in [0.3, 0.4) is 0 Å². The number of carbonyl (C=O) groups excluding carboxylic acids is 1. The number of hydrogen-bond acceptors (Lipinski definition) is 6. The summed E-state index contributed by atoms with van der Waals surface area (Å²) in [6, 6.07) is 3.33. The lowest BCUT2D eigenvalue weighted by atomic mass is 9.96. The number of aliphatic hydroxyl groups is 1. The quantitative estimate of drug-likeness (QED) is 0.782. The van der Waals surface area contributed by atoms with E-state index in [2.05, 4.69) is 10.3 Å². The average Bonchev–Trinajstić information content (AvgIpc) is 2.54. The van der Waals surface area contributed by atoms with Crippen LogP contribution in [0.4, 0.5) is 0 Å². The minimum absolute atomic E-state index is 0.213. The van der Waals surface area contributed by atoms with Crippen molar-refractivity contribution in [3.8, 4) is 5.88 Å². The van der Waals surface area contributed by atoms with E-state index in [0.29, 0.717) is 37.8 Å². The summed E-state index contributed by atoms with van der Waals surface area (Å²) in [5.74, 6) is -0.198. The number of amides is 1. The monoisotopic (exact) mass is 310 g/mol. The largest absolute Gasteiger partial charge is 0.477 e. The summed E-state index contributed by atoms with van der Waals surface area (Å²) in [5, 5.41) is 12.9. The van der Waals surface area contributed by atoms with Gasteiger partial charge in [0.25, 0.3) is 5.91 Å². The zero-order valence-corrected chi connectivity index (χ0v) is 12.8. The number of aliphatic hydroxyl groups excluding tert-OH is 1. The molecule has 0 bridgehead atoms. The van der Waals surface area contributed by atoms with Gasteiger partial charge in [-0.05, 0) is 19.1 Å². The van der Waals surface area contributed by atoms with Gasteiger partial charge in [0.05, 0.1) is 25.9 Å². The Morgan fingerprint density at radius 1 is 1.55 bits per heavy atom. The Bertz CT molecular complexity index is 497. The van der Waals surface area contributed by atoms with Gasteiger partial charge in [-0.2, -0.15) is 0 Å². The highest BCUT2D eigenvalue weighted by Gasteiger charge is 2.33. The molecule has 0 radical (unpaired) electrons. The third kappa shape index (κ3) is 3.94. The maximum absolute atomic E-state index is 12.3. The third-order valence-corrected chi connectivity index (χ3v) is 3.60. The maximum Gasteiger partial charge on any atom is 0.256 e. The van der Waals surface area contributed by atoms with Gasteiger partial charge in [0.2, 0.25) is 5.88 Å². The van der Waals surface area contributed by atoms with Gasteiger partial charge < -0.3 is 24.6 Å². The summed E-state index contributed by atoms with van der Waals surface area (Å²) in [5.41, 5.74) is 0.374. The van der Waals surface area contributed by atoms with E-state index in [4.69, 9.17) is 14.2 Å². The predicted octanol–water partition coefficient (Wildman–Crippen LogP) is 0.232.